The Morgan fingerprint density at radius 3 is 2.63 bits per heavy atom. The van der Waals surface area contributed by atoms with Gasteiger partial charge in [-0.05, 0) is 58.8 Å². The molecule has 0 radical (unpaired) electrons. The lowest BCUT2D eigenvalue weighted by Gasteiger charge is -2.29. The van der Waals surface area contributed by atoms with Crippen molar-refractivity contribution in [3.63, 3.8) is 0 Å². The van der Waals surface area contributed by atoms with Gasteiger partial charge in [0.1, 0.15) is 5.75 Å². The van der Waals surface area contributed by atoms with Crippen LogP contribution in [0.1, 0.15) is 30.9 Å². The van der Waals surface area contributed by atoms with Crippen LogP contribution in [0.3, 0.4) is 0 Å². The van der Waals surface area contributed by atoms with Crippen LogP contribution in [0.25, 0.3) is 0 Å². The molecule has 1 fully saturated rings. The minimum atomic E-state index is -2.84. The van der Waals surface area contributed by atoms with Crippen molar-refractivity contribution in [1.82, 2.24) is 15.5 Å². The number of nitrogens with one attached hydrogen (secondary N) is 2. The largest absolute Gasteiger partial charge is 0.434 e. The fraction of sp³-hybridized carbons (Fsp3) is 0.632. The van der Waals surface area contributed by atoms with Gasteiger partial charge >= 0.3 is 6.61 Å². The average Bonchev–Trinajstić information content (AvgIpc) is 2.60. The van der Waals surface area contributed by atoms with Crippen molar-refractivity contribution in [2.24, 2.45) is 10.9 Å². The molecule has 2 rings (SSSR count). The number of nitrogens with zero attached hydrogens (tertiary/aromatic N) is 2. The fourth-order valence-corrected chi connectivity index (χ4v) is 3.06. The van der Waals surface area contributed by atoms with E-state index in [4.69, 9.17) is 0 Å². The number of rotatable bonds is 7. The number of aryl methyl sites for hydroxylation is 1. The predicted octanol–water partition coefficient (Wildman–Crippen LogP) is 3.61. The van der Waals surface area contributed by atoms with Crippen molar-refractivity contribution >= 4 is 29.9 Å². The number of guanidine groups is 1. The van der Waals surface area contributed by atoms with Gasteiger partial charge in [-0.3, -0.25) is 0 Å². The second kappa shape index (κ2) is 12.3. The van der Waals surface area contributed by atoms with Crippen LogP contribution in [-0.2, 0) is 6.54 Å². The summed E-state index contributed by atoms with van der Waals surface area (Å²) in [7, 11) is 2.15. The van der Waals surface area contributed by atoms with Crippen molar-refractivity contribution in [2.75, 3.05) is 33.2 Å². The SMILES string of the molecule is CCNC(=NCc1cc(C)ccc1OC(F)F)NCC1CCN(C)CC1.I. The summed E-state index contributed by atoms with van der Waals surface area (Å²) < 4.78 is 29.8. The molecule has 0 bridgehead atoms. The molecule has 8 heteroatoms. The highest BCUT2D eigenvalue weighted by Gasteiger charge is 2.17. The zero-order chi connectivity index (χ0) is 18.9. The van der Waals surface area contributed by atoms with Gasteiger partial charge in [0.15, 0.2) is 5.96 Å². The molecular formula is C19H31F2IN4O. The van der Waals surface area contributed by atoms with E-state index < -0.39 is 6.61 Å². The van der Waals surface area contributed by atoms with E-state index in [9.17, 15) is 8.78 Å². The number of aliphatic imine (C=N–C) groups is 1. The van der Waals surface area contributed by atoms with E-state index in [0.29, 0.717) is 17.4 Å². The van der Waals surface area contributed by atoms with Gasteiger partial charge in [0.05, 0.1) is 6.54 Å². The Bertz CT molecular complexity index is 593. The maximum absolute atomic E-state index is 12.6. The van der Waals surface area contributed by atoms with E-state index in [2.05, 4.69) is 32.3 Å². The van der Waals surface area contributed by atoms with Gasteiger partial charge in [-0.25, -0.2) is 4.99 Å². The highest BCUT2D eigenvalue weighted by molar-refractivity contribution is 14.0. The zero-order valence-electron chi connectivity index (χ0n) is 16.3. The van der Waals surface area contributed by atoms with Crippen LogP contribution in [0.5, 0.6) is 5.75 Å². The van der Waals surface area contributed by atoms with Gasteiger partial charge in [-0.1, -0.05) is 17.7 Å². The average molecular weight is 496 g/mol. The number of piperidine rings is 1. The van der Waals surface area contributed by atoms with Crippen molar-refractivity contribution in [3.05, 3.63) is 29.3 Å². The zero-order valence-corrected chi connectivity index (χ0v) is 18.6. The highest BCUT2D eigenvalue weighted by atomic mass is 127. The molecule has 0 aliphatic carbocycles. The minimum absolute atomic E-state index is 0. The Morgan fingerprint density at radius 1 is 1.30 bits per heavy atom. The van der Waals surface area contributed by atoms with Crippen molar-refractivity contribution in [2.45, 2.75) is 39.8 Å². The van der Waals surface area contributed by atoms with Gasteiger partial charge in [-0.2, -0.15) is 8.78 Å². The Labute approximate surface area is 178 Å². The fourth-order valence-electron chi connectivity index (χ4n) is 3.06. The molecule has 1 aliphatic heterocycles. The summed E-state index contributed by atoms with van der Waals surface area (Å²) in [5.41, 5.74) is 1.64. The van der Waals surface area contributed by atoms with Crippen LogP contribution < -0.4 is 15.4 Å². The summed E-state index contributed by atoms with van der Waals surface area (Å²) >= 11 is 0. The maximum atomic E-state index is 12.6. The molecule has 0 atom stereocenters. The Balaban J connectivity index is 0.00000364. The second-order valence-electron chi connectivity index (χ2n) is 6.81. The molecule has 0 amide bonds. The first kappa shape index (κ1) is 23.9. The Kier molecular flexibility index (Phi) is 10.9. The molecule has 1 saturated heterocycles. The summed E-state index contributed by atoms with van der Waals surface area (Å²) in [6, 6.07) is 5.17. The van der Waals surface area contributed by atoms with Gasteiger partial charge in [0, 0.05) is 18.7 Å². The predicted molar refractivity (Wildman–Crippen MR) is 116 cm³/mol. The molecule has 2 N–H and O–H groups in total. The monoisotopic (exact) mass is 496 g/mol. The van der Waals surface area contributed by atoms with Gasteiger partial charge in [-0.15, -0.1) is 24.0 Å². The van der Waals surface area contributed by atoms with Crippen LogP contribution in [0.15, 0.2) is 23.2 Å². The smallest absolute Gasteiger partial charge is 0.387 e. The number of likely N-dealkylation sites (tertiary alicyclic amines) is 1. The van der Waals surface area contributed by atoms with Crippen LogP contribution in [0.2, 0.25) is 0 Å². The van der Waals surface area contributed by atoms with Crippen molar-refractivity contribution < 1.29 is 13.5 Å². The molecule has 1 aliphatic rings. The first-order valence-electron chi connectivity index (χ1n) is 9.23. The third-order valence-corrected chi connectivity index (χ3v) is 4.58. The standard InChI is InChI=1S/C19H30F2N4O.HI/c1-4-22-19(23-12-15-7-9-25(3)10-8-15)24-13-16-11-14(2)5-6-17(16)26-18(20)21;/h5-6,11,15,18H,4,7-10,12-13H2,1-3H3,(H2,22,23,24);1H. The summed E-state index contributed by atoms with van der Waals surface area (Å²) in [6.07, 6.45) is 2.35. The molecule has 0 aromatic heterocycles. The topological polar surface area (TPSA) is 48.9 Å². The van der Waals surface area contributed by atoms with E-state index in [-0.39, 0.29) is 36.3 Å². The third kappa shape index (κ3) is 8.59. The summed E-state index contributed by atoms with van der Waals surface area (Å²) in [6.45, 7) is 5.23. The lowest BCUT2D eigenvalue weighted by molar-refractivity contribution is -0.0504. The lowest BCUT2D eigenvalue weighted by Crippen LogP contribution is -2.42. The Hall–Kier alpha value is -1.16. The van der Waals surface area contributed by atoms with E-state index in [1.807, 2.05) is 19.9 Å². The number of hydrogen-bond donors (Lipinski definition) is 2. The van der Waals surface area contributed by atoms with Crippen LogP contribution in [0.4, 0.5) is 8.78 Å². The van der Waals surface area contributed by atoms with E-state index in [1.54, 1.807) is 12.1 Å². The first-order chi connectivity index (χ1) is 12.5. The van der Waals surface area contributed by atoms with E-state index in [0.717, 1.165) is 31.7 Å². The summed E-state index contributed by atoms with van der Waals surface area (Å²) in [4.78, 5) is 6.90. The quantitative estimate of drug-likeness (QED) is 0.344. The number of ether oxygens (including phenoxy) is 1. The van der Waals surface area contributed by atoms with Crippen molar-refractivity contribution in [1.29, 1.82) is 0 Å². The van der Waals surface area contributed by atoms with Crippen LogP contribution in [0, 0.1) is 12.8 Å². The van der Waals surface area contributed by atoms with Gasteiger partial charge in [0.25, 0.3) is 0 Å². The second-order valence-corrected chi connectivity index (χ2v) is 6.81. The molecule has 0 spiro atoms. The molecule has 27 heavy (non-hydrogen) atoms. The molecule has 1 heterocycles. The molecule has 5 nitrogen and oxygen atoms in total. The van der Waals surface area contributed by atoms with Gasteiger partial charge in [0.2, 0.25) is 0 Å². The molecule has 154 valence electrons. The molecule has 0 saturated carbocycles. The number of alkyl halides is 2. The van der Waals surface area contributed by atoms with Crippen LogP contribution >= 0.6 is 24.0 Å². The summed E-state index contributed by atoms with van der Waals surface area (Å²) in [5, 5.41) is 6.60. The van der Waals surface area contributed by atoms with Gasteiger partial charge < -0.3 is 20.3 Å². The number of halogens is 3. The normalized spacial score (nSPS) is 16.1. The van der Waals surface area contributed by atoms with E-state index in [1.165, 1.54) is 12.8 Å². The molecule has 1 aromatic rings. The first-order valence-corrected chi connectivity index (χ1v) is 9.23. The third-order valence-electron chi connectivity index (χ3n) is 4.58. The minimum Gasteiger partial charge on any atom is -0.434 e. The number of benzene rings is 1. The molecule has 1 aromatic carbocycles. The maximum Gasteiger partial charge on any atom is 0.387 e. The molecular weight excluding hydrogens is 465 g/mol. The lowest BCUT2D eigenvalue weighted by atomic mass is 9.97. The van der Waals surface area contributed by atoms with Crippen molar-refractivity contribution in [3.8, 4) is 5.75 Å². The highest BCUT2D eigenvalue weighted by Crippen LogP contribution is 2.23. The van der Waals surface area contributed by atoms with E-state index >= 15 is 0 Å². The number of hydrogen-bond acceptors (Lipinski definition) is 3. The molecule has 0 unspecified atom stereocenters. The Morgan fingerprint density at radius 2 is 2.00 bits per heavy atom. The summed E-state index contributed by atoms with van der Waals surface area (Å²) in [5.74, 6) is 1.52. The van der Waals surface area contributed by atoms with Crippen LogP contribution in [-0.4, -0.2) is 50.7 Å².